The Hall–Kier alpha value is -2.39. The van der Waals surface area contributed by atoms with Crippen molar-refractivity contribution in [3.63, 3.8) is 0 Å². The number of halogens is 2. The summed E-state index contributed by atoms with van der Waals surface area (Å²) in [5, 5.41) is 18.8. The monoisotopic (exact) mass is 427 g/mol. The molecular weight excluding hydrogens is 400 g/mol. The van der Waals surface area contributed by atoms with E-state index in [2.05, 4.69) is 20.4 Å². The summed E-state index contributed by atoms with van der Waals surface area (Å²) >= 11 is 1.48. The molecule has 1 aromatic heterocycles. The van der Waals surface area contributed by atoms with E-state index >= 15 is 0 Å². The van der Waals surface area contributed by atoms with Crippen molar-refractivity contribution in [1.29, 1.82) is 0 Å². The summed E-state index contributed by atoms with van der Waals surface area (Å²) in [7, 11) is 1.40. The highest BCUT2D eigenvalue weighted by Crippen LogP contribution is 2.29. The van der Waals surface area contributed by atoms with Gasteiger partial charge in [-0.3, -0.25) is 0 Å². The molecule has 3 N–H and O–H groups in total. The van der Waals surface area contributed by atoms with E-state index in [-0.39, 0.29) is 18.0 Å². The summed E-state index contributed by atoms with van der Waals surface area (Å²) in [5.41, 5.74) is -0.232. The fourth-order valence-corrected chi connectivity index (χ4v) is 3.41. The van der Waals surface area contributed by atoms with Crippen molar-refractivity contribution >= 4 is 17.3 Å². The number of methoxy groups -OCH3 is 1. The molecule has 2 rings (SSSR count). The van der Waals surface area contributed by atoms with Gasteiger partial charge in [-0.25, -0.2) is 4.99 Å². The number of ether oxygens (including phenoxy) is 2. The molecule has 0 aliphatic rings. The van der Waals surface area contributed by atoms with Crippen LogP contribution in [0.5, 0.6) is 11.5 Å². The van der Waals surface area contributed by atoms with Crippen LogP contribution in [-0.2, 0) is 12.0 Å². The molecule has 0 aliphatic heterocycles. The number of hydrogen-bond donors (Lipinski definition) is 3. The Labute approximate surface area is 173 Å². The number of nitrogens with zero attached hydrogens (tertiary/aromatic N) is 1. The average Bonchev–Trinajstić information content (AvgIpc) is 3.22. The zero-order valence-electron chi connectivity index (χ0n) is 16.7. The van der Waals surface area contributed by atoms with Crippen LogP contribution < -0.4 is 20.1 Å². The summed E-state index contributed by atoms with van der Waals surface area (Å²) in [5.74, 6) is 0.835. The molecule has 1 unspecified atom stereocenters. The van der Waals surface area contributed by atoms with Gasteiger partial charge in [-0.2, -0.15) is 8.78 Å². The molecule has 0 saturated carbocycles. The average molecular weight is 428 g/mol. The minimum atomic E-state index is -2.92. The van der Waals surface area contributed by atoms with Crippen LogP contribution in [0.3, 0.4) is 0 Å². The van der Waals surface area contributed by atoms with E-state index in [9.17, 15) is 13.9 Å². The summed E-state index contributed by atoms with van der Waals surface area (Å²) in [6.45, 7) is 2.16. The number of alkyl halides is 2. The molecule has 2 aromatic rings. The van der Waals surface area contributed by atoms with Crippen molar-refractivity contribution in [3.8, 4) is 11.5 Å². The van der Waals surface area contributed by atoms with E-state index in [1.54, 1.807) is 25.1 Å². The molecule has 0 amide bonds. The van der Waals surface area contributed by atoms with Crippen LogP contribution in [0.1, 0.15) is 24.3 Å². The number of rotatable bonds is 10. The van der Waals surface area contributed by atoms with Crippen LogP contribution in [0.25, 0.3) is 0 Å². The fraction of sp³-hybridized carbons (Fsp3) is 0.450. The first kappa shape index (κ1) is 22.9. The van der Waals surface area contributed by atoms with Gasteiger partial charge in [0.25, 0.3) is 0 Å². The van der Waals surface area contributed by atoms with E-state index in [1.165, 1.54) is 18.4 Å². The SMILES string of the molecule is CCNC(=NCC(C)(O)c1cccs1)NCCc1ccc(OC)c(OC(F)F)c1. The number of nitrogens with one attached hydrogen (secondary N) is 2. The van der Waals surface area contributed by atoms with E-state index in [0.29, 0.717) is 25.5 Å². The third-order valence-corrected chi connectivity index (χ3v) is 5.21. The van der Waals surface area contributed by atoms with Crippen LogP contribution in [0.2, 0.25) is 0 Å². The van der Waals surface area contributed by atoms with Gasteiger partial charge >= 0.3 is 6.61 Å². The molecule has 0 spiro atoms. The van der Waals surface area contributed by atoms with Crippen LogP contribution in [0.15, 0.2) is 40.7 Å². The number of aliphatic imine (C=N–C) groups is 1. The van der Waals surface area contributed by atoms with Gasteiger partial charge in [0.15, 0.2) is 17.5 Å². The topological polar surface area (TPSA) is 75.1 Å². The molecule has 29 heavy (non-hydrogen) atoms. The molecule has 1 heterocycles. The van der Waals surface area contributed by atoms with Crippen LogP contribution >= 0.6 is 11.3 Å². The van der Waals surface area contributed by atoms with Crippen LogP contribution in [-0.4, -0.2) is 44.4 Å². The maximum Gasteiger partial charge on any atom is 0.387 e. The third kappa shape index (κ3) is 7.17. The van der Waals surface area contributed by atoms with Crippen molar-refractivity contribution in [2.24, 2.45) is 4.99 Å². The van der Waals surface area contributed by atoms with Gasteiger partial charge in [0.05, 0.1) is 13.7 Å². The Balaban J connectivity index is 1.97. The molecule has 0 bridgehead atoms. The Kier molecular flexibility index (Phi) is 8.66. The van der Waals surface area contributed by atoms with Gasteiger partial charge in [-0.15, -0.1) is 11.3 Å². The number of thiophene rings is 1. The molecule has 0 fully saturated rings. The maximum absolute atomic E-state index is 12.6. The first-order valence-corrected chi connectivity index (χ1v) is 10.1. The lowest BCUT2D eigenvalue weighted by Crippen LogP contribution is -2.39. The van der Waals surface area contributed by atoms with Crippen molar-refractivity contribution < 1.29 is 23.4 Å². The molecule has 0 saturated heterocycles. The number of guanidine groups is 1. The van der Waals surface area contributed by atoms with Gasteiger partial charge in [0, 0.05) is 18.0 Å². The largest absolute Gasteiger partial charge is 0.493 e. The van der Waals surface area contributed by atoms with Crippen LogP contribution in [0, 0.1) is 0 Å². The minimum Gasteiger partial charge on any atom is -0.493 e. The number of benzene rings is 1. The second kappa shape index (κ2) is 11.0. The van der Waals surface area contributed by atoms with Crippen LogP contribution in [0.4, 0.5) is 8.78 Å². The highest BCUT2D eigenvalue weighted by atomic mass is 32.1. The highest BCUT2D eigenvalue weighted by Gasteiger charge is 2.24. The molecule has 6 nitrogen and oxygen atoms in total. The number of hydrogen-bond acceptors (Lipinski definition) is 5. The zero-order chi connectivity index (χ0) is 21.3. The lowest BCUT2D eigenvalue weighted by molar-refractivity contribution is -0.0512. The molecule has 9 heteroatoms. The molecule has 0 aliphatic carbocycles. The van der Waals surface area contributed by atoms with Gasteiger partial charge in [-0.05, 0) is 49.4 Å². The van der Waals surface area contributed by atoms with Crippen molar-refractivity contribution in [2.45, 2.75) is 32.5 Å². The second-order valence-corrected chi connectivity index (χ2v) is 7.43. The maximum atomic E-state index is 12.6. The first-order chi connectivity index (χ1) is 13.9. The summed E-state index contributed by atoms with van der Waals surface area (Å²) in [6, 6.07) is 8.71. The van der Waals surface area contributed by atoms with Crippen molar-refractivity contribution in [2.75, 3.05) is 26.7 Å². The number of aliphatic hydroxyl groups is 1. The standard InChI is InChI=1S/C20H27F2N3O3S/c1-4-23-19(25-13-20(2,26)17-6-5-11-29-17)24-10-9-14-7-8-15(27-3)16(12-14)28-18(21)22/h5-8,11-12,18,26H,4,9-10,13H2,1-3H3,(H2,23,24,25). The summed E-state index contributed by atoms with van der Waals surface area (Å²) in [6.07, 6.45) is 0.565. The summed E-state index contributed by atoms with van der Waals surface area (Å²) < 4.78 is 34.7. The first-order valence-electron chi connectivity index (χ1n) is 9.26. The molecular formula is C20H27F2N3O3S. The Morgan fingerprint density at radius 2 is 2.07 bits per heavy atom. The Morgan fingerprint density at radius 1 is 1.28 bits per heavy atom. The highest BCUT2D eigenvalue weighted by molar-refractivity contribution is 7.10. The molecule has 1 atom stereocenters. The Bertz CT molecular complexity index is 783. The van der Waals surface area contributed by atoms with Gasteiger partial charge < -0.3 is 25.2 Å². The van der Waals surface area contributed by atoms with Crippen molar-refractivity contribution in [3.05, 3.63) is 46.2 Å². The van der Waals surface area contributed by atoms with E-state index in [4.69, 9.17) is 4.74 Å². The quantitative estimate of drug-likeness (QED) is 0.401. The van der Waals surface area contributed by atoms with Gasteiger partial charge in [0.2, 0.25) is 0 Å². The van der Waals surface area contributed by atoms with E-state index < -0.39 is 12.2 Å². The lowest BCUT2D eigenvalue weighted by atomic mass is 10.1. The zero-order valence-corrected chi connectivity index (χ0v) is 17.6. The minimum absolute atomic E-state index is 0.00701. The summed E-state index contributed by atoms with van der Waals surface area (Å²) in [4.78, 5) is 5.31. The Morgan fingerprint density at radius 3 is 2.69 bits per heavy atom. The van der Waals surface area contributed by atoms with Gasteiger partial charge in [0.1, 0.15) is 5.60 Å². The molecule has 160 valence electrons. The predicted molar refractivity (Wildman–Crippen MR) is 111 cm³/mol. The smallest absolute Gasteiger partial charge is 0.387 e. The van der Waals surface area contributed by atoms with Crippen molar-refractivity contribution in [1.82, 2.24) is 10.6 Å². The van der Waals surface area contributed by atoms with E-state index in [1.807, 2.05) is 24.4 Å². The second-order valence-electron chi connectivity index (χ2n) is 6.49. The third-order valence-electron chi connectivity index (χ3n) is 4.09. The predicted octanol–water partition coefficient (Wildman–Crippen LogP) is 3.36. The van der Waals surface area contributed by atoms with E-state index in [0.717, 1.165) is 10.4 Å². The van der Waals surface area contributed by atoms with Gasteiger partial charge in [-0.1, -0.05) is 12.1 Å². The molecule has 1 aromatic carbocycles. The lowest BCUT2D eigenvalue weighted by Gasteiger charge is -2.20. The normalized spacial score (nSPS) is 13.8. The molecule has 0 radical (unpaired) electrons. The fourth-order valence-electron chi connectivity index (χ4n) is 2.63.